The number of hydrogen-bond donors (Lipinski definition) is 1. The Kier molecular flexibility index (Phi) is 7.32. The highest BCUT2D eigenvalue weighted by atomic mass is 16.5. The van der Waals surface area contributed by atoms with E-state index in [4.69, 9.17) is 9.47 Å². The molecule has 0 saturated heterocycles. The number of aryl methyl sites for hydroxylation is 1. The summed E-state index contributed by atoms with van der Waals surface area (Å²) in [6.07, 6.45) is 5.18. The van der Waals surface area contributed by atoms with Crippen LogP contribution >= 0.6 is 0 Å². The third-order valence-electron chi connectivity index (χ3n) is 3.59. The summed E-state index contributed by atoms with van der Waals surface area (Å²) in [6, 6.07) is 1.85. The van der Waals surface area contributed by atoms with Crippen LogP contribution in [0.15, 0.2) is 12.3 Å². The van der Waals surface area contributed by atoms with E-state index in [1.807, 2.05) is 26.8 Å². The summed E-state index contributed by atoms with van der Waals surface area (Å²) in [5, 5.41) is 2.91. The Morgan fingerprint density at radius 2 is 2.09 bits per heavy atom. The minimum Gasteiger partial charge on any atom is -0.481 e. The number of pyridine rings is 1. The predicted molar refractivity (Wildman–Crippen MR) is 88.3 cm³/mol. The van der Waals surface area contributed by atoms with Gasteiger partial charge in [0.15, 0.2) is 0 Å². The zero-order valence-corrected chi connectivity index (χ0v) is 14.4. The maximum Gasteiger partial charge on any atom is 0.256 e. The van der Waals surface area contributed by atoms with Crippen molar-refractivity contribution in [3.8, 4) is 5.88 Å². The first-order valence-corrected chi connectivity index (χ1v) is 7.92. The number of carbonyl (C=O) groups excluding carboxylic acids is 1. The van der Waals surface area contributed by atoms with E-state index in [9.17, 15) is 4.79 Å². The van der Waals surface area contributed by atoms with Crippen LogP contribution in [-0.2, 0) is 9.53 Å². The van der Waals surface area contributed by atoms with Gasteiger partial charge in [0.25, 0.3) is 5.91 Å². The molecule has 0 aliphatic heterocycles. The van der Waals surface area contributed by atoms with E-state index in [1.165, 1.54) is 0 Å². The molecule has 1 unspecified atom stereocenters. The SMILES string of the molecule is CCCCC(C)(OCCC)C(=O)Nc1cnc(OC)c(C)c1. The molecule has 0 bridgehead atoms. The third kappa shape index (κ3) is 4.98. The summed E-state index contributed by atoms with van der Waals surface area (Å²) in [4.78, 5) is 16.8. The zero-order chi connectivity index (χ0) is 16.6. The van der Waals surface area contributed by atoms with Crippen LogP contribution in [0.5, 0.6) is 5.88 Å². The molecule has 0 fully saturated rings. The lowest BCUT2D eigenvalue weighted by molar-refractivity contribution is -0.140. The molecule has 1 N–H and O–H groups in total. The maximum absolute atomic E-state index is 12.6. The summed E-state index contributed by atoms with van der Waals surface area (Å²) in [5.41, 5.74) is 0.732. The smallest absolute Gasteiger partial charge is 0.256 e. The second-order valence-electron chi connectivity index (χ2n) is 5.69. The predicted octanol–water partition coefficient (Wildman–Crippen LogP) is 3.71. The highest BCUT2D eigenvalue weighted by molar-refractivity contribution is 5.97. The molecule has 0 radical (unpaired) electrons. The van der Waals surface area contributed by atoms with E-state index in [2.05, 4.69) is 17.2 Å². The molecule has 0 spiro atoms. The van der Waals surface area contributed by atoms with Crippen LogP contribution in [0.25, 0.3) is 0 Å². The second kappa shape index (κ2) is 8.73. The average molecular weight is 308 g/mol. The van der Waals surface area contributed by atoms with Crippen molar-refractivity contribution in [2.45, 2.75) is 59.0 Å². The van der Waals surface area contributed by atoms with E-state index in [0.29, 0.717) is 24.6 Å². The van der Waals surface area contributed by atoms with Crippen LogP contribution in [-0.4, -0.2) is 30.2 Å². The molecule has 1 rings (SSSR count). The maximum atomic E-state index is 12.6. The fourth-order valence-electron chi connectivity index (χ4n) is 2.20. The number of hydrogen-bond acceptors (Lipinski definition) is 4. The highest BCUT2D eigenvalue weighted by Crippen LogP contribution is 2.23. The topological polar surface area (TPSA) is 60.5 Å². The Bertz CT molecular complexity index is 481. The largest absolute Gasteiger partial charge is 0.481 e. The van der Waals surface area contributed by atoms with Crippen molar-refractivity contribution in [3.63, 3.8) is 0 Å². The molecule has 124 valence electrons. The van der Waals surface area contributed by atoms with Crippen LogP contribution in [0.3, 0.4) is 0 Å². The fourth-order valence-corrected chi connectivity index (χ4v) is 2.20. The first-order valence-electron chi connectivity index (χ1n) is 7.92. The lowest BCUT2D eigenvalue weighted by Gasteiger charge is -2.28. The van der Waals surface area contributed by atoms with Crippen molar-refractivity contribution in [3.05, 3.63) is 17.8 Å². The molecule has 0 saturated carbocycles. The van der Waals surface area contributed by atoms with Gasteiger partial charge in [-0.15, -0.1) is 0 Å². The minimum absolute atomic E-state index is 0.124. The molecule has 1 aromatic heterocycles. The van der Waals surface area contributed by atoms with Crippen LogP contribution in [0.2, 0.25) is 0 Å². The quantitative estimate of drug-likeness (QED) is 0.755. The molecule has 0 aliphatic carbocycles. The summed E-state index contributed by atoms with van der Waals surface area (Å²) >= 11 is 0. The Balaban J connectivity index is 2.83. The summed E-state index contributed by atoms with van der Waals surface area (Å²) in [5.74, 6) is 0.440. The summed E-state index contributed by atoms with van der Waals surface area (Å²) < 4.78 is 11.0. The molecular weight excluding hydrogens is 280 g/mol. The van der Waals surface area contributed by atoms with Gasteiger partial charge in [-0.25, -0.2) is 4.98 Å². The summed E-state index contributed by atoms with van der Waals surface area (Å²) in [7, 11) is 1.58. The normalized spacial score (nSPS) is 13.5. The molecular formula is C17H28N2O3. The standard InChI is InChI=1S/C17H28N2O3/c1-6-8-9-17(4,22-10-7-2)16(20)19-14-11-13(3)15(21-5)18-12-14/h11-12H,6-10H2,1-5H3,(H,19,20). The average Bonchev–Trinajstić information content (AvgIpc) is 2.51. The van der Waals surface area contributed by atoms with E-state index in [0.717, 1.165) is 24.8 Å². The molecule has 1 heterocycles. The van der Waals surface area contributed by atoms with Gasteiger partial charge < -0.3 is 14.8 Å². The first-order chi connectivity index (χ1) is 10.5. The number of unbranched alkanes of at least 4 members (excludes halogenated alkanes) is 1. The van der Waals surface area contributed by atoms with Crippen molar-refractivity contribution in [2.24, 2.45) is 0 Å². The van der Waals surface area contributed by atoms with Crippen molar-refractivity contribution in [1.29, 1.82) is 0 Å². The van der Waals surface area contributed by atoms with Gasteiger partial charge in [0.2, 0.25) is 5.88 Å². The Morgan fingerprint density at radius 1 is 1.36 bits per heavy atom. The number of ether oxygens (including phenoxy) is 2. The number of amides is 1. The van der Waals surface area contributed by atoms with Gasteiger partial charge in [0, 0.05) is 12.2 Å². The van der Waals surface area contributed by atoms with E-state index >= 15 is 0 Å². The molecule has 22 heavy (non-hydrogen) atoms. The Hall–Kier alpha value is -1.62. The molecule has 5 heteroatoms. The van der Waals surface area contributed by atoms with Gasteiger partial charge in [-0.1, -0.05) is 26.7 Å². The molecule has 0 aliphatic rings. The lowest BCUT2D eigenvalue weighted by Crippen LogP contribution is -2.43. The van der Waals surface area contributed by atoms with Gasteiger partial charge >= 0.3 is 0 Å². The van der Waals surface area contributed by atoms with Crippen molar-refractivity contribution in [2.75, 3.05) is 19.0 Å². The van der Waals surface area contributed by atoms with Crippen molar-refractivity contribution < 1.29 is 14.3 Å². The number of methoxy groups -OCH3 is 1. The number of nitrogens with zero attached hydrogens (tertiary/aromatic N) is 1. The first kappa shape index (κ1) is 18.4. The van der Waals surface area contributed by atoms with Gasteiger partial charge in [0.05, 0.1) is 19.0 Å². The van der Waals surface area contributed by atoms with Gasteiger partial charge in [-0.3, -0.25) is 4.79 Å². The third-order valence-corrected chi connectivity index (χ3v) is 3.59. The van der Waals surface area contributed by atoms with Gasteiger partial charge in [-0.2, -0.15) is 0 Å². The highest BCUT2D eigenvalue weighted by Gasteiger charge is 2.33. The van der Waals surface area contributed by atoms with E-state index < -0.39 is 5.60 Å². The molecule has 1 amide bonds. The van der Waals surface area contributed by atoms with Crippen molar-refractivity contribution in [1.82, 2.24) is 4.98 Å². The lowest BCUT2D eigenvalue weighted by atomic mass is 9.97. The molecule has 1 aromatic rings. The molecule has 0 aromatic carbocycles. The Labute approximate surface area is 133 Å². The second-order valence-corrected chi connectivity index (χ2v) is 5.69. The summed E-state index contributed by atoms with van der Waals surface area (Å²) in [6.45, 7) is 8.47. The zero-order valence-electron chi connectivity index (χ0n) is 14.4. The van der Waals surface area contributed by atoms with Crippen molar-refractivity contribution >= 4 is 11.6 Å². The van der Waals surface area contributed by atoms with E-state index in [-0.39, 0.29) is 5.91 Å². The number of aromatic nitrogens is 1. The number of anilines is 1. The van der Waals surface area contributed by atoms with Crippen LogP contribution in [0.1, 0.15) is 52.0 Å². The number of nitrogens with one attached hydrogen (secondary N) is 1. The molecule has 5 nitrogen and oxygen atoms in total. The van der Waals surface area contributed by atoms with Gasteiger partial charge in [-0.05, 0) is 32.8 Å². The van der Waals surface area contributed by atoms with Crippen LogP contribution < -0.4 is 10.1 Å². The molecule has 1 atom stereocenters. The monoisotopic (exact) mass is 308 g/mol. The van der Waals surface area contributed by atoms with Gasteiger partial charge in [0.1, 0.15) is 5.60 Å². The van der Waals surface area contributed by atoms with Crippen LogP contribution in [0.4, 0.5) is 5.69 Å². The number of rotatable bonds is 9. The minimum atomic E-state index is -0.806. The van der Waals surface area contributed by atoms with Crippen LogP contribution in [0, 0.1) is 6.92 Å². The Morgan fingerprint density at radius 3 is 2.64 bits per heavy atom. The van der Waals surface area contributed by atoms with E-state index in [1.54, 1.807) is 13.3 Å². The number of carbonyl (C=O) groups is 1. The fraction of sp³-hybridized carbons (Fsp3) is 0.647.